The van der Waals surface area contributed by atoms with Gasteiger partial charge in [-0.3, -0.25) is 0 Å². The van der Waals surface area contributed by atoms with E-state index in [1.165, 1.54) is 0 Å². The molecule has 2 aromatic rings. The van der Waals surface area contributed by atoms with E-state index >= 15 is 0 Å². The van der Waals surface area contributed by atoms with Crippen molar-refractivity contribution in [3.05, 3.63) is 34.3 Å². The Morgan fingerprint density at radius 1 is 1.55 bits per heavy atom. The molecule has 2 heterocycles. The number of pyridine rings is 1. The van der Waals surface area contributed by atoms with E-state index in [1.807, 2.05) is 16.7 Å². The second-order valence-electron chi connectivity index (χ2n) is 2.16. The van der Waals surface area contributed by atoms with Crippen molar-refractivity contribution < 1.29 is 0 Å². The van der Waals surface area contributed by atoms with Crippen molar-refractivity contribution in [2.75, 3.05) is 0 Å². The summed E-state index contributed by atoms with van der Waals surface area (Å²) in [6.45, 7) is 0. The molecule has 0 fully saturated rings. The second-order valence-corrected chi connectivity index (χ2v) is 3.40. The van der Waals surface area contributed by atoms with Gasteiger partial charge in [-0.25, -0.2) is 4.98 Å². The molecule has 2 nitrogen and oxygen atoms in total. The Morgan fingerprint density at radius 2 is 2.36 bits per heavy atom. The zero-order valence-electron chi connectivity index (χ0n) is 5.46. The number of imidazole rings is 1. The van der Waals surface area contributed by atoms with Gasteiger partial charge in [-0.1, -0.05) is 11.6 Å². The van der Waals surface area contributed by atoms with E-state index in [-0.39, 0.29) is 0 Å². The van der Waals surface area contributed by atoms with Crippen molar-refractivity contribution in [2.24, 2.45) is 0 Å². The van der Waals surface area contributed by atoms with Crippen molar-refractivity contribution >= 4 is 33.0 Å². The van der Waals surface area contributed by atoms with Crippen molar-refractivity contribution in [3.63, 3.8) is 0 Å². The molecular formula is C7H4BrClN2. The number of fused-ring (bicyclic) bond motifs is 1. The van der Waals surface area contributed by atoms with Gasteiger partial charge in [-0.2, -0.15) is 0 Å². The zero-order valence-corrected chi connectivity index (χ0v) is 7.80. The first kappa shape index (κ1) is 7.13. The highest BCUT2D eigenvalue weighted by Crippen LogP contribution is 2.25. The molecule has 0 spiro atoms. The highest BCUT2D eigenvalue weighted by Gasteiger charge is 2.01. The van der Waals surface area contributed by atoms with Crippen LogP contribution < -0.4 is 0 Å². The van der Waals surface area contributed by atoms with Crippen LogP contribution in [0, 0.1) is 0 Å². The Morgan fingerprint density at radius 3 is 3.18 bits per heavy atom. The van der Waals surface area contributed by atoms with Crippen molar-refractivity contribution in [3.8, 4) is 0 Å². The summed E-state index contributed by atoms with van der Waals surface area (Å²) in [4.78, 5) is 3.96. The molecule has 0 aromatic carbocycles. The number of hydrogen-bond acceptors (Lipinski definition) is 1. The van der Waals surface area contributed by atoms with E-state index in [4.69, 9.17) is 11.6 Å². The minimum Gasteiger partial charge on any atom is -0.305 e. The third-order valence-electron chi connectivity index (χ3n) is 1.48. The normalized spacial score (nSPS) is 10.7. The fourth-order valence-corrected chi connectivity index (χ4v) is 1.47. The van der Waals surface area contributed by atoms with E-state index in [1.54, 1.807) is 12.5 Å². The molecule has 0 aliphatic heterocycles. The summed E-state index contributed by atoms with van der Waals surface area (Å²) < 4.78 is 2.76. The van der Waals surface area contributed by atoms with Crippen molar-refractivity contribution in [1.29, 1.82) is 0 Å². The van der Waals surface area contributed by atoms with Crippen molar-refractivity contribution in [1.82, 2.24) is 9.38 Å². The van der Waals surface area contributed by atoms with Crippen LogP contribution in [0.1, 0.15) is 0 Å². The van der Waals surface area contributed by atoms with Gasteiger partial charge in [-0.15, -0.1) is 0 Å². The molecule has 0 saturated carbocycles. The van der Waals surface area contributed by atoms with Crippen LogP contribution in [0.25, 0.3) is 5.52 Å². The van der Waals surface area contributed by atoms with E-state index in [9.17, 15) is 0 Å². The van der Waals surface area contributed by atoms with Gasteiger partial charge in [0.15, 0.2) is 0 Å². The van der Waals surface area contributed by atoms with Gasteiger partial charge in [0.2, 0.25) is 0 Å². The molecule has 0 radical (unpaired) electrons. The lowest BCUT2D eigenvalue weighted by molar-refractivity contribution is 1.15. The van der Waals surface area contributed by atoms with Crippen LogP contribution in [0.3, 0.4) is 0 Å². The minimum absolute atomic E-state index is 0.699. The molecule has 0 aliphatic rings. The molecular weight excluding hydrogens is 227 g/mol. The summed E-state index contributed by atoms with van der Waals surface area (Å²) in [5.74, 6) is 0. The van der Waals surface area contributed by atoms with Crippen LogP contribution in [0.2, 0.25) is 5.02 Å². The molecule has 0 aliphatic carbocycles. The summed E-state index contributed by atoms with van der Waals surface area (Å²) >= 11 is 9.29. The minimum atomic E-state index is 0.699. The van der Waals surface area contributed by atoms with Crippen LogP contribution in [-0.4, -0.2) is 9.38 Å². The van der Waals surface area contributed by atoms with E-state index in [2.05, 4.69) is 20.9 Å². The maximum Gasteiger partial charge on any atom is 0.0992 e. The summed E-state index contributed by atoms with van der Waals surface area (Å²) in [7, 11) is 0. The van der Waals surface area contributed by atoms with E-state index in [0.29, 0.717) is 5.02 Å². The number of aromatic nitrogens is 2. The van der Waals surface area contributed by atoms with Crippen LogP contribution in [0.15, 0.2) is 29.3 Å². The molecule has 0 amide bonds. The van der Waals surface area contributed by atoms with Gasteiger partial charge in [0.1, 0.15) is 0 Å². The summed E-state index contributed by atoms with van der Waals surface area (Å²) in [5, 5.41) is 0.699. The molecule has 0 atom stereocenters. The maximum absolute atomic E-state index is 5.96. The molecule has 4 heteroatoms. The Labute approximate surface area is 76.9 Å². The molecule has 2 rings (SSSR count). The third kappa shape index (κ3) is 1.04. The quantitative estimate of drug-likeness (QED) is 0.681. The van der Waals surface area contributed by atoms with Crippen LogP contribution in [-0.2, 0) is 0 Å². The van der Waals surface area contributed by atoms with E-state index < -0.39 is 0 Å². The predicted octanol–water partition coefficient (Wildman–Crippen LogP) is 2.75. The van der Waals surface area contributed by atoms with Crippen molar-refractivity contribution in [2.45, 2.75) is 0 Å². The lowest BCUT2D eigenvalue weighted by Gasteiger charge is -1.97. The largest absolute Gasteiger partial charge is 0.305 e. The fraction of sp³-hybridized carbons (Fsp3) is 0. The number of halogens is 2. The van der Waals surface area contributed by atoms with Gasteiger partial charge in [0.05, 0.1) is 23.1 Å². The summed E-state index contributed by atoms with van der Waals surface area (Å²) in [5.41, 5.74) is 0.918. The first-order valence-electron chi connectivity index (χ1n) is 3.05. The average molecular weight is 231 g/mol. The first-order chi connectivity index (χ1) is 5.29. The van der Waals surface area contributed by atoms with Gasteiger partial charge in [0.25, 0.3) is 0 Å². The standard InChI is InChI=1S/C7H4BrClN2/c8-5-1-2-11-4-10-3-6(11)7(5)9/h1-4H. The molecule has 11 heavy (non-hydrogen) atoms. The highest BCUT2D eigenvalue weighted by molar-refractivity contribution is 9.10. The molecule has 56 valence electrons. The predicted molar refractivity (Wildman–Crippen MR) is 47.9 cm³/mol. The van der Waals surface area contributed by atoms with Gasteiger partial charge >= 0.3 is 0 Å². The summed E-state index contributed by atoms with van der Waals surface area (Å²) in [6.07, 6.45) is 5.35. The SMILES string of the molecule is Clc1c(Br)ccn2cncc12. The van der Waals surface area contributed by atoms with Crippen LogP contribution in [0.4, 0.5) is 0 Å². The lowest BCUT2D eigenvalue weighted by atomic mass is 10.4. The first-order valence-corrected chi connectivity index (χ1v) is 4.22. The highest BCUT2D eigenvalue weighted by atomic mass is 79.9. The Kier molecular flexibility index (Phi) is 1.62. The fourth-order valence-electron chi connectivity index (χ4n) is 0.935. The topological polar surface area (TPSA) is 17.3 Å². The summed E-state index contributed by atoms with van der Waals surface area (Å²) in [6, 6.07) is 1.89. The van der Waals surface area contributed by atoms with Crippen LogP contribution >= 0.6 is 27.5 Å². The Bertz CT molecular complexity index is 396. The maximum atomic E-state index is 5.96. The molecule has 0 saturated heterocycles. The third-order valence-corrected chi connectivity index (χ3v) is 2.77. The molecule has 0 bridgehead atoms. The average Bonchev–Trinajstić information content (AvgIpc) is 2.45. The number of rotatable bonds is 0. The van der Waals surface area contributed by atoms with E-state index in [0.717, 1.165) is 9.99 Å². The lowest BCUT2D eigenvalue weighted by Crippen LogP contribution is -1.81. The Balaban J connectivity index is 2.93. The van der Waals surface area contributed by atoms with Crippen LogP contribution in [0.5, 0.6) is 0 Å². The second kappa shape index (κ2) is 2.50. The molecule has 0 unspecified atom stereocenters. The zero-order chi connectivity index (χ0) is 7.84. The molecule has 0 N–H and O–H groups in total. The molecule has 2 aromatic heterocycles. The smallest absolute Gasteiger partial charge is 0.0992 e. The number of hydrogen-bond donors (Lipinski definition) is 0. The van der Waals surface area contributed by atoms with Gasteiger partial charge in [-0.05, 0) is 22.0 Å². The van der Waals surface area contributed by atoms with Gasteiger partial charge in [0, 0.05) is 10.7 Å². The Hall–Kier alpha value is -0.540. The monoisotopic (exact) mass is 230 g/mol. The number of nitrogens with zero attached hydrogens (tertiary/aromatic N) is 2. The van der Waals surface area contributed by atoms with Gasteiger partial charge < -0.3 is 4.40 Å².